The molecule has 2 bridgehead atoms. The van der Waals surface area contributed by atoms with Gasteiger partial charge in [-0.1, -0.05) is 36.4 Å². The number of likely N-dealkylation sites (tertiary alicyclic amines) is 1. The highest BCUT2D eigenvalue weighted by atomic mass is 79.9. The Kier molecular flexibility index (Phi) is 7.89. The van der Waals surface area contributed by atoms with Crippen molar-refractivity contribution in [3.05, 3.63) is 116 Å². The van der Waals surface area contributed by atoms with Crippen molar-refractivity contribution in [3.63, 3.8) is 0 Å². The van der Waals surface area contributed by atoms with Gasteiger partial charge in [0, 0.05) is 56.0 Å². The molecule has 4 aromatic rings. The molecule has 8 nitrogen and oxygen atoms in total. The molecule has 44 heavy (non-hydrogen) atoms. The van der Waals surface area contributed by atoms with Crippen molar-refractivity contribution in [3.8, 4) is 0 Å². The minimum absolute atomic E-state index is 0.0187. The quantitative estimate of drug-likeness (QED) is 0.269. The SMILES string of the molecule is O=C(Nc1cc(C(=O)N2CCC(Cc3ccccc3)CC2)ccc1N1CC2CC(C1)c1cccc(=O)n1C2)c1ccc(Br)o1. The third-order valence-electron chi connectivity index (χ3n) is 9.38. The Morgan fingerprint density at radius 2 is 1.73 bits per heavy atom. The summed E-state index contributed by atoms with van der Waals surface area (Å²) >= 11 is 3.28. The molecule has 2 aromatic heterocycles. The zero-order chi connectivity index (χ0) is 30.2. The van der Waals surface area contributed by atoms with E-state index >= 15 is 0 Å². The van der Waals surface area contributed by atoms with Gasteiger partial charge in [0.25, 0.3) is 17.4 Å². The van der Waals surface area contributed by atoms with E-state index in [1.54, 1.807) is 18.2 Å². The van der Waals surface area contributed by atoms with Gasteiger partial charge in [-0.05, 0) is 95.4 Å². The summed E-state index contributed by atoms with van der Waals surface area (Å²) in [6.07, 6.45) is 4.00. The van der Waals surface area contributed by atoms with Crippen LogP contribution in [0.25, 0.3) is 0 Å². The number of nitrogens with zero attached hydrogens (tertiary/aromatic N) is 3. The lowest BCUT2D eigenvalue weighted by atomic mass is 9.83. The van der Waals surface area contributed by atoms with Crippen LogP contribution in [0.4, 0.5) is 11.4 Å². The van der Waals surface area contributed by atoms with Gasteiger partial charge in [-0.3, -0.25) is 14.4 Å². The lowest BCUT2D eigenvalue weighted by Gasteiger charge is -2.44. The Balaban J connectivity index is 1.12. The molecule has 5 heterocycles. The van der Waals surface area contributed by atoms with Gasteiger partial charge in [-0.25, -0.2) is 0 Å². The Morgan fingerprint density at radius 3 is 2.50 bits per heavy atom. The van der Waals surface area contributed by atoms with Crippen molar-refractivity contribution < 1.29 is 14.0 Å². The summed E-state index contributed by atoms with van der Waals surface area (Å²) in [7, 11) is 0. The van der Waals surface area contributed by atoms with E-state index in [4.69, 9.17) is 4.42 Å². The number of carbonyl (C=O) groups excluding carboxylic acids is 2. The number of furan rings is 1. The zero-order valence-electron chi connectivity index (χ0n) is 24.5. The standard InChI is InChI=1S/C35H35BrN4O4/c36-32-12-11-31(44-32)34(42)37-28-19-26(35(43)38-15-13-24(14-16-38)17-23-5-2-1-3-6-23)9-10-30(28)39-20-25-18-27(22-39)29-7-4-8-33(41)40(29)21-25/h1-12,19,24-25,27H,13-18,20-22H2,(H,37,42). The highest BCUT2D eigenvalue weighted by Crippen LogP contribution is 2.39. The molecule has 2 fully saturated rings. The minimum Gasteiger partial charge on any atom is -0.444 e. The summed E-state index contributed by atoms with van der Waals surface area (Å²) in [6, 6.07) is 25.0. The van der Waals surface area contributed by atoms with E-state index in [0.29, 0.717) is 47.4 Å². The van der Waals surface area contributed by atoms with Gasteiger partial charge in [-0.15, -0.1) is 0 Å². The van der Waals surface area contributed by atoms with Gasteiger partial charge in [-0.2, -0.15) is 0 Å². The fourth-order valence-electron chi connectivity index (χ4n) is 7.23. The number of amides is 2. The number of pyridine rings is 1. The molecule has 2 amide bonds. The summed E-state index contributed by atoms with van der Waals surface area (Å²) in [5.41, 5.74) is 4.46. The highest BCUT2D eigenvalue weighted by Gasteiger charge is 2.35. The smallest absolute Gasteiger partial charge is 0.291 e. The number of anilines is 2. The molecule has 3 aliphatic heterocycles. The average Bonchev–Trinajstić information content (AvgIpc) is 3.48. The second kappa shape index (κ2) is 12.1. The molecule has 3 aliphatic rings. The highest BCUT2D eigenvalue weighted by molar-refractivity contribution is 9.10. The summed E-state index contributed by atoms with van der Waals surface area (Å²) in [5.74, 6) is 0.866. The van der Waals surface area contributed by atoms with E-state index in [9.17, 15) is 14.4 Å². The first-order chi connectivity index (χ1) is 21.4. The van der Waals surface area contributed by atoms with Gasteiger partial charge >= 0.3 is 0 Å². The first kappa shape index (κ1) is 28.6. The van der Waals surface area contributed by atoms with Gasteiger partial charge in [0.05, 0.1) is 11.4 Å². The van der Waals surface area contributed by atoms with Gasteiger partial charge in [0.1, 0.15) is 0 Å². The largest absolute Gasteiger partial charge is 0.444 e. The summed E-state index contributed by atoms with van der Waals surface area (Å²) in [6.45, 7) is 3.59. The Bertz CT molecular complexity index is 1740. The number of fused-ring (bicyclic) bond motifs is 4. The molecule has 226 valence electrons. The minimum atomic E-state index is -0.377. The second-order valence-electron chi connectivity index (χ2n) is 12.3. The third-order valence-corrected chi connectivity index (χ3v) is 9.80. The van der Waals surface area contributed by atoms with Crippen LogP contribution < -0.4 is 15.8 Å². The third kappa shape index (κ3) is 5.85. The van der Waals surface area contributed by atoms with Crippen molar-refractivity contribution in [2.75, 3.05) is 36.4 Å². The second-order valence-corrected chi connectivity index (χ2v) is 13.1. The molecule has 1 N–H and O–H groups in total. The first-order valence-corrected chi connectivity index (χ1v) is 16.2. The van der Waals surface area contributed by atoms with Gasteiger partial charge in [0.15, 0.2) is 10.4 Å². The van der Waals surface area contributed by atoms with Crippen molar-refractivity contribution in [1.82, 2.24) is 9.47 Å². The molecular weight excluding hydrogens is 620 g/mol. The van der Waals surface area contributed by atoms with Crippen molar-refractivity contribution in [2.45, 2.75) is 38.1 Å². The predicted octanol–water partition coefficient (Wildman–Crippen LogP) is 6.17. The number of benzene rings is 2. The van der Waals surface area contributed by atoms with Crippen LogP contribution in [0.3, 0.4) is 0 Å². The number of halogens is 1. The average molecular weight is 656 g/mol. The molecule has 0 saturated carbocycles. The summed E-state index contributed by atoms with van der Waals surface area (Å²) in [4.78, 5) is 43.8. The van der Waals surface area contributed by atoms with Crippen LogP contribution in [-0.2, 0) is 13.0 Å². The van der Waals surface area contributed by atoms with Crippen LogP contribution >= 0.6 is 15.9 Å². The maximum Gasteiger partial charge on any atom is 0.291 e. The normalized spacial score (nSPS) is 19.8. The van der Waals surface area contributed by atoms with Crippen LogP contribution in [0.1, 0.15) is 57.4 Å². The van der Waals surface area contributed by atoms with E-state index in [1.165, 1.54) is 5.56 Å². The molecule has 2 unspecified atom stereocenters. The van der Waals surface area contributed by atoms with Crippen molar-refractivity contribution >= 4 is 39.1 Å². The Hall–Kier alpha value is -4.11. The molecule has 7 rings (SSSR count). The number of aromatic nitrogens is 1. The summed E-state index contributed by atoms with van der Waals surface area (Å²) in [5, 5.41) is 3.04. The number of carbonyl (C=O) groups is 2. The van der Waals surface area contributed by atoms with Crippen LogP contribution in [0, 0.1) is 11.8 Å². The first-order valence-electron chi connectivity index (χ1n) is 15.4. The molecule has 9 heteroatoms. The van der Waals surface area contributed by atoms with Crippen LogP contribution in [0.15, 0.2) is 92.7 Å². The Morgan fingerprint density at radius 1 is 0.909 bits per heavy atom. The van der Waals surface area contributed by atoms with Crippen molar-refractivity contribution in [2.24, 2.45) is 11.8 Å². The molecule has 2 saturated heterocycles. The Labute approximate surface area is 264 Å². The summed E-state index contributed by atoms with van der Waals surface area (Å²) < 4.78 is 7.91. The molecule has 0 spiro atoms. The monoisotopic (exact) mass is 654 g/mol. The zero-order valence-corrected chi connectivity index (χ0v) is 26.0. The van der Waals surface area contributed by atoms with Crippen molar-refractivity contribution in [1.29, 1.82) is 0 Å². The van der Waals surface area contributed by atoms with Gasteiger partial charge in [0.2, 0.25) is 0 Å². The molecule has 0 radical (unpaired) electrons. The van der Waals surface area contributed by atoms with E-state index in [-0.39, 0.29) is 29.1 Å². The number of piperidine rings is 2. The van der Waals surface area contributed by atoms with E-state index in [0.717, 1.165) is 50.2 Å². The van der Waals surface area contributed by atoms with Gasteiger partial charge < -0.3 is 24.1 Å². The fourth-order valence-corrected chi connectivity index (χ4v) is 7.54. The maximum atomic E-state index is 13.7. The van der Waals surface area contributed by atoms with Crippen LogP contribution in [-0.4, -0.2) is 47.5 Å². The van der Waals surface area contributed by atoms with E-state index in [2.05, 4.69) is 50.4 Å². The van der Waals surface area contributed by atoms with E-state index < -0.39 is 0 Å². The number of hydrogen-bond donors (Lipinski definition) is 1. The van der Waals surface area contributed by atoms with Crippen LogP contribution in [0.5, 0.6) is 0 Å². The maximum absolute atomic E-state index is 13.7. The number of nitrogens with one attached hydrogen (secondary N) is 1. The molecule has 2 atom stereocenters. The number of rotatable bonds is 6. The molecular formula is C35H35BrN4O4. The van der Waals surface area contributed by atoms with Crippen LogP contribution in [0.2, 0.25) is 0 Å². The molecule has 0 aliphatic carbocycles. The lowest BCUT2D eigenvalue weighted by Crippen LogP contribution is -2.47. The predicted molar refractivity (Wildman–Crippen MR) is 173 cm³/mol. The topological polar surface area (TPSA) is 87.8 Å². The molecule has 2 aromatic carbocycles. The van der Waals surface area contributed by atoms with E-state index in [1.807, 2.05) is 45.9 Å². The lowest BCUT2D eigenvalue weighted by molar-refractivity contribution is 0.0690. The fraction of sp³-hybridized carbons (Fsp3) is 0.343. The number of hydrogen-bond acceptors (Lipinski definition) is 5.